The van der Waals surface area contributed by atoms with Crippen LogP contribution in [0.2, 0.25) is 5.02 Å². The standard InChI is InChI=1S/C27H26ClN3O7S/c1-4-37-24(32)14-21-19(15(3)29-25(21)27(34)38-5-2)13-22-20-12-18(9-10-23(20)30-26(22)33)39(35,36)31-17-8-6-7-16(28)11-17/h6-13,29,31H,4-5,14H2,1-3H3,(H,30,33)/b22-13+. The number of aromatic amines is 1. The number of hydrogen-bond acceptors (Lipinski definition) is 7. The molecule has 0 aliphatic carbocycles. The van der Waals surface area contributed by atoms with E-state index in [1.807, 2.05) is 0 Å². The van der Waals surface area contributed by atoms with Crippen LogP contribution in [-0.2, 0) is 35.5 Å². The second kappa shape index (κ2) is 11.3. The van der Waals surface area contributed by atoms with Gasteiger partial charge in [0, 0.05) is 38.7 Å². The first-order valence-corrected chi connectivity index (χ1v) is 13.9. The molecule has 1 aliphatic heterocycles. The lowest BCUT2D eigenvalue weighted by molar-refractivity contribution is -0.142. The summed E-state index contributed by atoms with van der Waals surface area (Å²) < 4.78 is 38.9. The highest BCUT2D eigenvalue weighted by Crippen LogP contribution is 2.37. The number of sulfonamides is 1. The van der Waals surface area contributed by atoms with Crippen LogP contribution in [0.15, 0.2) is 47.4 Å². The Labute approximate surface area is 230 Å². The first-order valence-electron chi connectivity index (χ1n) is 12.0. The first kappa shape index (κ1) is 27.9. The maximum Gasteiger partial charge on any atom is 0.355 e. The van der Waals surface area contributed by atoms with Crippen LogP contribution in [0.25, 0.3) is 11.6 Å². The van der Waals surface area contributed by atoms with E-state index in [2.05, 4.69) is 15.0 Å². The molecule has 1 aromatic heterocycles. The van der Waals surface area contributed by atoms with Crippen molar-refractivity contribution in [1.29, 1.82) is 0 Å². The Bertz CT molecular complexity index is 1610. The molecule has 1 amide bonds. The lowest BCUT2D eigenvalue weighted by atomic mass is 9.99. The normalized spacial score (nSPS) is 13.6. The Kier molecular flexibility index (Phi) is 8.12. The zero-order valence-electron chi connectivity index (χ0n) is 21.4. The van der Waals surface area contributed by atoms with E-state index in [4.69, 9.17) is 21.1 Å². The van der Waals surface area contributed by atoms with Crippen molar-refractivity contribution in [3.05, 3.63) is 75.6 Å². The number of carbonyl (C=O) groups is 3. The van der Waals surface area contributed by atoms with Gasteiger partial charge in [0.1, 0.15) is 5.69 Å². The number of aromatic nitrogens is 1. The summed E-state index contributed by atoms with van der Waals surface area (Å²) in [5.41, 5.74) is 2.53. The average Bonchev–Trinajstić information content (AvgIpc) is 3.34. The van der Waals surface area contributed by atoms with E-state index in [1.54, 1.807) is 39.0 Å². The van der Waals surface area contributed by atoms with Crippen molar-refractivity contribution < 1.29 is 32.3 Å². The van der Waals surface area contributed by atoms with Gasteiger partial charge in [0.15, 0.2) is 0 Å². The molecule has 39 heavy (non-hydrogen) atoms. The van der Waals surface area contributed by atoms with E-state index in [1.165, 1.54) is 30.3 Å². The second-order valence-corrected chi connectivity index (χ2v) is 10.7. The van der Waals surface area contributed by atoms with Crippen molar-refractivity contribution in [3.8, 4) is 0 Å². The third kappa shape index (κ3) is 5.99. The minimum atomic E-state index is -4.02. The summed E-state index contributed by atoms with van der Waals surface area (Å²) in [6, 6.07) is 10.5. The Morgan fingerprint density at radius 3 is 2.51 bits per heavy atom. The Balaban J connectivity index is 1.78. The number of H-pyrrole nitrogens is 1. The fourth-order valence-corrected chi connectivity index (χ4v) is 5.46. The van der Waals surface area contributed by atoms with Gasteiger partial charge in [-0.1, -0.05) is 17.7 Å². The number of rotatable bonds is 9. The van der Waals surface area contributed by atoms with E-state index in [9.17, 15) is 22.8 Å². The Hall–Kier alpha value is -4.09. The summed E-state index contributed by atoms with van der Waals surface area (Å²) in [7, 11) is -4.02. The van der Waals surface area contributed by atoms with Gasteiger partial charge in [0.2, 0.25) is 0 Å². The monoisotopic (exact) mass is 571 g/mol. The Morgan fingerprint density at radius 2 is 1.82 bits per heavy atom. The molecule has 3 N–H and O–H groups in total. The number of nitrogens with one attached hydrogen (secondary N) is 3. The molecule has 10 nitrogen and oxygen atoms in total. The summed E-state index contributed by atoms with van der Waals surface area (Å²) in [5.74, 6) is -1.68. The molecular formula is C27H26ClN3O7S. The number of halogens is 1. The number of benzene rings is 2. The zero-order chi connectivity index (χ0) is 28.3. The second-order valence-electron chi connectivity index (χ2n) is 8.55. The van der Waals surface area contributed by atoms with Crippen LogP contribution in [0.5, 0.6) is 0 Å². The molecule has 2 heterocycles. The predicted molar refractivity (Wildman–Crippen MR) is 147 cm³/mol. The lowest BCUT2D eigenvalue weighted by Crippen LogP contribution is -2.13. The van der Waals surface area contributed by atoms with Gasteiger partial charge < -0.3 is 19.8 Å². The van der Waals surface area contributed by atoms with Crippen LogP contribution in [-0.4, -0.2) is 44.5 Å². The molecule has 0 saturated carbocycles. The maximum absolute atomic E-state index is 13.1. The van der Waals surface area contributed by atoms with Gasteiger partial charge in [-0.15, -0.1) is 0 Å². The van der Waals surface area contributed by atoms with Crippen LogP contribution in [0.4, 0.5) is 11.4 Å². The number of fused-ring (bicyclic) bond motifs is 1. The van der Waals surface area contributed by atoms with Gasteiger partial charge in [0.25, 0.3) is 15.9 Å². The molecule has 12 heteroatoms. The predicted octanol–water partition coefficient (Wildman–Crippen LogP) is 4.55. The van der Waals surface area contributed by atoms with Crippen molar-refractivity contribution >= 4 is 62.5 Å². The molecule has 0 unspecified atom stereocenters. The summed E-state index contributed by atoms with van der Waals surface area (Å²) in [4.78, 5) is 40.8. The number of esters is 2. The van der Waals surface area contributed by atoms with Crippen LogP contribution >= 0.6 is 11.6 Å². The summed E-state index contributed by atoms with van der Waals surface area (Å²) >= 11 is 5.97. The summed E-state index contributed by atoms with van der Waals surface area (Å²) in [6.07, 6.45) is 1.28. The van der Waals surface area contributed by atoms with Gasteiger partial charge in [-0.25, -0.2) is 13.2 Å². The maximum atomic E-state index is 13.1. The molecule has 4 rings (SSSR count). The van der Waals surface area contributed by atoms with E-state index in [-0.39, 0.29) is 41.5 Å². The highest BCUT2D eigenvalue weighted by Gasteiger charge is 2.29. The topological polar surface area (TPSA) is 144 Å². The molecule has 0 radical (unpaired) electrons. The van der Waals surface area contributed by atoms with Gasteiger partial charge >= 0.3 is 11.9 Å². The van der Waals surface area contributed by atoms with Crippen LogP contribution in [0.3, 0.4) is 0 Å². The molecular weight excluding hydrogens is 546 g/mol. The largest absolute Gasteiger partial charge is 0.466 e. The van der Waals surface area contributed by atoms with E-state index in [0.29, 0.717) is 33.1 Å². The van der Waals surface area contributed by atoms with Crippen molar-refractivity contribution in [1.82, 2.24) is 4.98 Å². The van der Waals surface area contributed by atoms with E-state index >= 15 is 0 Å². The highest BCUT2D eigenvalue weighted by atomic mass is 35.5. The number of hydrogen-bond donors (Lipinski definition) is 3. The smallest absolute Gasteiger partial charge is 0.355 e. The van der Waals surface area contributed by atoms with Gasteiger partial charge in [-0.3, -0.25) is 14.3 Å². The number of ether oxygens (including phenoxy) is 2. The van der Waals surface area contributed by atoms with Crippen molar-refractivity contribution in [2.75, 3.05) is 23.3 Å². The van der Waals surface area contributed by atoms with Crippen LogP contribution in [0, 0.1) is 6.92 Å². The van der Waals surface area contributed by atoms with Gasteiger partial charge in [-0.2, -0.15) is 0 Å². The molecule has 204 valence electrons. The first-order chi connectivity index (χ1) is 18.5. The number of amides is 1. The molecule has 0 atom stereocenters. The summed E-state index contributed by atoms with van der Waals surface area (Å²) in [5, 5.41) is 3.09. The molecule has 2 aromatic carbocycles. The summed E-state index contributed by atoms with van der Waals surface area (Å²) in [6.45, 7) is 5.30. The van der Waals surface area contributed by atoms with Crippen LogP contribution in [0.1, 0.15) is 46.7 Å². The minimum Gasteiger partial charge on any atom is -0.466 e. The van der Waals surface area contributed by atoms with Gasteiger partial charge in [0.05, 0.1) is 30.2 Å². The number of carbonyl (C=O) groups excluding carboxylic acids is 3. The highest BCUT2D eigenvalue weighted by molar-refractivity contribution is 7.92. The lowest BCUT2D eigenvalue weighted by Gasteiger charge is -2.10. The SMILES string of the molecule is CCOC(=O)Cc1c(C(=O)OCC)[nH]c(C)c1/C=C1/C(=O)Nc2ccc(S(=O)(=O)Nc3cccc(Cl)c3)cc21. The molecule has 0 fully saturated rings. The quantitative estimate of drug-likeness (QED) is 0.252. The van der Waals surface area contributed by atoms with Crippen LogP contribution < -0.4 is 10.0 Å². The molecule has 0 spiro atoms. The Morgan fingerprint density at radius 1 is 1.08 bits per heavy atom. The number of anilines is 2. The molecule has 1 aliphatic rings. The fraction of sp³-hybridized carbons (Fsp3) is 0.222. The minimum absolute atomic E-state index is 0.0756. The zero-order valence-corrected chi connectivity index (χ0v) is 23.0. The number of aryl methyl sites for hydroxylation is 1. The van der Waals surface area contributed by atoms with E-state index < -0.39 is 27.9 Å². The molecule has 3 aromatic rings. The fourth-order valence-electron chi connectivity index (χ4n) is 4.19. The van der Waals surface area contributed by atoms with Gasteiger partial charge in [-0.05, 0) is 63.2 Å². The van der Waals surface area contributed by atoms with Crippen molar-refractivity contribution in [3.63, 3.8) is 0 Å². The van der Waals surface area contributed by atoms with Crippen molar-refractivity contribution in [2.45, 2.75) is 32.1 Å². The third-order valence-corrected chi connectivity index (χ3v) is 7.51. The third-order valence-electron chi connectivity index (χ3n) is 5.90. The molecule has 0 saturated heterocycles. The average molecular weight is 572 g/mol. The van der Waals surface area contributed by atoms with Crippen molar-refractivity contribution in [2.24, 2.45) is 0 Å². The molecule has 0 bridgehead atoms. The van der Waals surface area contributed by atoms with E-state index in [0.717, 1.165) is 0 Å².